The highest BCUT2D eigenvalue weighted by Crippen LogP contribution is 2.27. The molecule has 0 spiro atoms. The summed E-state index contributed by atoms with van der Waals surface area (Å²) >= 11 is 8.64. The minimum absolute atomic E-state index is 0.0925. The van der Waals surface area contributed by atoms with Crippen LogP contribution in [0.4, 0.5) is 35.5 Å². The molecule has 0 aliphatic heterocycles. The Bertz CT molecular complexity index is 3040. The predicted octanol–water partition coefficient (Wildman–Crippen LogP) is 21.9. The van der Waals surface area contributed by atoms with Crippen LogP contribution in [0.5, 0.6) is 5.75 Å². The molecular weight excluding hydrogens is 1550 g/mol. The van der Waals surface area contributed by atoms with Crippen LogP contribution in [-0.4, -0.2) is 117 Å². The second-order valence-corrected chi connectivity index (χ2v) is 32.9. The maximum absolute atomic E-state index is 12.5. The molecule has 0 saturated heterocycles. The van der Waals surface area contributed by atoms with Crippen LogP contribution >= 0.6 is 82.2 Å². The molecular formula is C78H136N16O10S7. The maximum Gasteiger partial charge on any atom is 0.333 e. The number of aromatic nitrogens is 6. The lowest BCUT2D eigenvalue weighted by Gasteiger charge is -2.18. The van der Waals surface area contributed by atoms with Crippen LogP contribution < -0.4 is 58.7 Å². The second-order valence-electron chi connectivity index (χ2n) is 27.2. The van der Waals surface area contributed by atoms with Crippen molar-refractivity contribution in [2.24, 2.45) is 5.92 Å². The molecule has 5 aromatic rings. The van der Waals surface area contributed by atoms with E-state index >= 15 is 0 Å². The Hall–Kier alpha value is -5.20. The van der Waals surface area contributed by atoms with Gasteiger partial charge in [0.25, 0.3) is 0 Å². The largest absolute Gasteiger partial charge is 0.381 e. The fourth-order valence-electron chi connectivity index (χ4n) is 11.2. The minimum Gasteiger partial charge on any atom is -0.381 e. The van der Waals surface area contributed by atoms with Crippen LogP contribution in [-0.2, 0) is 33.6 Å². The molecule has 3 heterocycles. The quantitative estimate of drug-likeness (QED) is 0.00568. The van der Waals surface area contributed by atoms with Gasteiger partial charge < -0.3 is 35.6 Å². The van der Waals surface area contributed by atoms with Crippen LogP contribution in [0, 0.1) is 12.8 Å². The summed E-state index contributed by atoms with van der Waals surface area (Å²) in [5.74, 6) is 3.25. The first-order chi connectivity index (χ1) is 54.4. The zero-order chi connectivity index (χ0) is 79.8. The van der Waals surface area contributed by atoms with E-state index in [1.54, 1.807) is 6.07 Å². The summed E-state index contributed by atoms with van der Waals surface area (Å²) in [4.78, 5) is 70.2. The number of carbonyl (C=O) groups is 4. The smallest absolute Gasteiger partial charge is 0.333 e. The molecule has 630 valence electrons. The highest BCUT2D eigenvalue weighted by atomic mass is 32.2. The third kappa shape index (κ3) is 60.1. The number of hydrogen-bond donors (Lipinski definition) is 10. The van der Waals surface area contributed by atoms with Crippen molar-refractivity contribution in [1.29, 1.82) is 0 Å². The first-order valence-electron chi connectivity index (χ1n) is 41.0. The lowest BCUT2D eigenvalue weighted by molar-refractivity contribution is -0.160. The molecule has 0 saturated carbocycles. The van der Waals surface area contributed by atoms with Gasteiger partial charge in [-0.25, -0.2) is 35.5 Å². The van der Waals surface area contributed by atoms with Crippen molar-refractivity contribution in [2.45, 2.75) is 307 Å². The Kier molecular flexibility index (Phi) is 65.3. The van der Waals surface area contributed by atoms with Gasteiger partial charge in [-0.05, 0) is 86.8 Å². The second kappa shape index (κ2) is 72.5. The summed E-state index contributed by atoms with van der Waals surface area (Å²) in [5.41, 5.74) is 19.1. The maximum atomic E-state index is 12.5. The minimum atomic E-state index is -0.340. The molecule has 10 N–H and O–H groups in total. The van der Waals surface area contributed by atoms with E-state index in [9.17, 15) is 19.2 Å². The number of nitrogens with one attached hydrogen (secondary N) is 10. The van der Waals surface area contributed by atoms with Gasteiger partial charge in [-0.1, -0.05) is 281 Å². The zero-order valence-corrected chi connectivity index (χ0v) is 73.5. The van der Waals surface area contributed by atoms with Crippen LogP contribution in [0.15, 0.2) is 64.0 Å². The fraction of sp³-hybridized carbons (Fsp3) is 0.718. The molecule has 0 radical (unpaired) electrons. The number of urea groups is 3. The highest BCUT2D eigenvalue weighted by Gasteiger charge is 2.14. The van der Waals surface area contributed by atoms with Crippen LogP contribution in [0.2, 0.25) is 0 Å². The average Bonchev–Trinajstić information content (AvgIpc) is 1.80. The van der Waals surface area contributed by atoms with Crippen molar-refractivity contribution in [2.75, 3.05) is 86.3 Å². The van der Waals surface area contributed by atoms with Crippen molar-refractivity contribution < 1.29 is 47.1 Å². The number of rotatable bonds is 68. The lowest BCUT2D eigenvalue weighted by atomic mass is 9.94. The van der Waals surface area contributed by atoms with E-state index in [1.165, 1.54) is 291 Å². The fourth-order valence-corrected chi connectivity index (χ4v) is 15.6. The molecule has 1 unspecified atom stereocenters. The predicted molar refractivity (Wildman–Crippen MR) is 464 cm³/mol. The van der Waals surface area contributed by atoms with Gasteiger partial charge in [-0.3, -0.25) is 21.1 Å². The number of aryl methyl sites for hydroxylation is 1. The molecule has 1 atom stereocenters. The number of anilines is 4. The molecule has 3 aromatic heterocycles. The Morgan fingerprint density at radius 1 is 0.459 bits per heavy atom. The van der Waals surface area contributed by atoms with Gasteiger partial charge in [0.15, 0.2) is 5.75 Å². The number of unbranched alkanes of at least 4 members (excludes halogenated alkanes) is 30. The van der Waals surface area contributed by atoms with Crippen LogP contribution in [0.1, 0.15) is 290 Å². The number of hydrogen-bond acceptors (Lipinski definition) is 26. The number of carbonyl (C=O) groups excluding carboxylic acids is 4. The number of thioether (sulfide) groups is 2. The Labute approximate surface area is 694 Å². The summed E-state index contributed by atoms with van der Waals surface area (Å²) in [6.45, 7) is 17.2. The van der Waals surface area contributed by atoms with Crippen molar-refractivity contribution in [3.05, 3.63) is 59.7 Å². The van der Waals surface area contributed by atoms with E-state index in [4.69, 9.17) is 23.0 Å². The molecule has 0 fully saturated rings. The molecule has 111 heavy (non-hydrogen) atoms. The number of hydrazine groups is 3. The van der Waals surface area contributed by atoms with E-state index in [-0.39, 0.29) is 24.0 Å². The molecule has 0 aliphatic carbocycles. The molecule has 26 nitrogen and oxygen atoms in total. The van der Waals surface area contributed by atoms with Crippen molar-refractivity contribution in [3.63, 3.8) is 0 Å². The molecule has 0 aliphatic rings. The number of benzene rings is 2. The summed E-state index contributed by atoms with van der Waals surface area (Å²) < 4.78 is 33.8. The summed E-state index contributed by atoms with van der Waals surface area (Å²) in [5, 5.41) is 14.6. The van der Waals surface area contributed by atoms with Gasteiger partial charge in [0.1, 0.15) is 12.0 Å². The Morgan fingerprint density at radius 2 is 0.883 bits per heavy atom. The zero-order valence-electron chi connectivity index (χ0n) is 67.8. The van der Waals surface area contributed by atoms with E-state index in [1.807, 2.05) is 49.4 Å². The summed E-state index contributed by atoms with van der Waals surface area (Å²) in [6.07, 6.45) is 48.8. The highest BCUT2D eigenvalue weighted by molar-refractivity contribution is 8.01. The van der Waals surface area contributed by atoms with Gasteiger partial charge in [0.2, 0.25) is 36.8 Å². The normalized spacial score (nSPS) is 11.2. The van der Waals surface area contributed by atoms with Gasteiger partial charge in [0.05, 0.1) is 7.11 Å². The Balaban J connectivity index is 0.000000435. The Morgan fingerprint density at radius 3 is 1.35 bits per heavy atom. The first-order valence-corrected chi connectivity index (χ1v) is 47.0. The van der Waals surface area contributed by atoms with E-state index < -0.39 is 0 Å². The van der Waals surface area contributed by atoms with Gasteiger partial charge in [-0.2, -0.15) is 32.4 Å². The summed E-state index contributed by atoms with van der Waals surface area (Å²) in [6, 6.07) is 14.3. The van der Waals surface area contributed by atoms with Gasteiger partial charge in [-0.15, -0.1) is 4.33 Å². The van der Waals surface area contributed by atoms with Gasteiger partial charge >= 0.3 is 18.1 Å². The molecule has 5 rings (SSSR count). The monoisotopic (exact) mass is 1680 g/mol. The number of ether oxygens (including phenoxy) is 2. The van der Waals surface area contributed by atoms with Crippen LogP contribution in [0.3, 0.4) is 0 Å². The van der Waals surface area contributed by atoms with E-state index in [0.29, 0.717) is 81.1 Å². The third-order valence-corrected chi connectivity index (χ3v) is 22.5. The SMILES string of the molecule is CCCCCCCCCCC(CCCCCCCC)CNC(=O)NNc1nc(SCc2cccc(NC(C)=O)c2)ns1.CCCCCCCCCCCCOCCCNC(=O)NNc1nc(SCCSOOC)ns1.CCCCCCCCCCCCOCCCNC(=O)NNc1nc(SOOc2cccc(C)c2)ns1. The van der Waals surface area contributed by atoms with E-state index in [2.05, 4.69) is 114 Å². The number of nitrogens with zero attached hydrogens (tertiary/aromatic N) is 6. The van der Waals surface area contributed by atoms with Crippen LogP contribution in [0.25, 0.3) is 0 Å². The van der Waals surface area contributed by atoms with Crippen molar-refractivity contribution in [1.82, 2.24) is 60.3 Å². The molecule has 2 aromatic carbocycles. The first kappa shape index (κ1) is 100.0. The topological polar surface area (TPSA) is 321 Å². The number of amides is 7. The summed E-state index contributed by atoms with van der Waals surface area (Å²) in [7, 11) is 1.47. The molecule has 7 amide bonds. The van der Waals surface area contributed by atoms with Crippen molar-refractivity contribution >= 4 is 127 Å². The lowest BCUT2D eigenvalue weighted by Crippen LogP contribution is -2.41. The van der Waals surface area contributed by atoms with Crippen molar-refractivity contribution in [3.8, 4) is 5.75 Å². The standard InChI is InChI=1S/C32H54N6O2S2.C25H41N5O4S2.C21H41N5O4S3/c1-4-6-8-10-12-13-15-17-20-27(19-16-14-11-9-7-5-2)24-33-30(40)36-37-31-35-32(38-42-31)41-25-28-21-18-22-29(23-28)34-26(3)39;1-3-4-5-6-7-8-9-10-11-12-18-32-19-14-17-26-23(31)28-29-24-27-25(30-35-24)36-34-33-22-16-13-15-21(2)20-22;1-3-4-5-6-7-8-9-10-11-12-15-29-16-13-14-22-19(27)24-25-20-23-21(26-33-20)31-17-18-32-30-28-2/h18,21-23,27H,4-17,19-20,24-25H2,1-3H3,(H,34,39)(H2,33,36,40)(H,35,37,38);13,15-16,20H,3-12,14,17-19H2,1-2H3,(H2,26,28,31)(H,27,29,30);3-18H2,1-2H3,(H2,22,24,27)(H,23,25,26). The third-order valence-electron chi connectivity index (χ3n) is 17.2. The molecule has 0 bridgehead atoms. The van der Waals surface area contributed by atoms with E-state index in [0.717, 1.165) is 90.8 Å². The average molecular weight is 1680 g/mol. The van der Waals surface area contributed by atoms with Gasteiger partial charge in [0, 0.05) is 123 Å². The molecule has 33 heteroatoms.